The van der Waals surface area contributed by atoms with Crippen LogP contribution in [0.3, 0.4) is 0 Å². The number of carbonyl (C=O) groups is 1. The molecule has 0 radical (unpaired) electrons. The second-order valence-electron chi connectivity index (χ2n) is 3.90. The lowest BCUT2D eigenvalue weighted by molar-refractivity contribution is -0.150. The van der Waals surface area contributed by atoms with Gasteiger partial charge in [-0.1, -0.05) is 0 Å². The van der Waals surface area contributed by atoms with Gasteiger partial charge in [0.2, 0.25) is 0 Å². The van der Waals surface area contributed by atoms with Crippen LogP contribution in [-0.4, -0.2) is 23.7 Å². The summed E-state index contributed by atoms with van der Waals surface area (Å²) in [4.78, 5) is 15.6. The average molecular weight is 277 g/mol. The van der Waals surface area contributed by atoms with Crippen LogP contribution in [0.5, 0.6) is 5.75 Å². The third-order valence-electron chi connectivity index (χ3n) is 2.54. The molecule has 5 heteroatoms. The minimum Gasteiger partial charge on any atom is -0.478 e. The minimum absolute atomic E-state index is 0.352. The van der Waals surface area contributed by atoms with E-state index in [0.717, 1.165) is 11.1 Å². The third kappa shape index (κ3) is 3.32. The fourth-order valence-corrected chi connectivity index (χ4v) is 2.38. The number of rotatable bonds is 5. The van der Waals surface area contributed by atoms with E-state index < -0.39 is 6.10 Å². The van der Waals surface area contributed by atoms with Crippen molar-refractivity contribution in [1.82, 2.24) is 4.98 Å². The lowest BCUT2D eigenvalue weighted by Crippen LogP contribution is -2.26. The molecule has 4 nitrogen and oxygen atoms in total. The number of aromatic nitrogens is 1. The Morgan fingerprint density at radius 1 is 1.37 bits per heavy atom. The monoisotopic (exact) mass is 277 g/mol. The molecule has 2 heterocycles. The zero-order chi connectivity index (χ0) is 13.7. The second-order valence-corrected chi connectivity index (χ2v) is 4.64. The van der Waals surface area contributed by atoms with Gasteiger partial charge in [-0.05, 0) is 31.5 Å². The van der Waals surface area contributed by atoms with Gasteiger partial charge in [0, 0.05) is 28.7 Å². The Bertz CT molecular complexity index is 539. The van der Waals surface area contributed by atoms with Crippen LogP contribution in [-0.2, 0) is 9.53 Å². The van der Waals surface area contributed by atoms with Gasteiger partial charge >= 0.3 is 5.97 Å². The summed E-state index contributed by atoms with van der Waals surface area (Å²) < 4.78 is 10.6. The first-order chi connectivity index (χ1) is 9.22. The number of thiophene rings is 1. The summed E-state index contributed by atoms with van der Waals surface area (Å²) in [5.41, 5.74) is 1.98. The van der Waals surface area contributed by atoms with Gasteiger partial charge in [0.25, 0.3) is 0 Å². The molecule has 100 valence electrons. The van der Waals surface area contributed by atoms with Gasteiger partial charge in [-0.25, -0.2) is 4.79 Å². The zero-order valence-corrected chi connectivity index (χ0v) is 11.6. The molecule has 0 saturated heterocycles. The molecule has 0 saturated carbocycles. The Labute approximate surface area is 116 Å². The standard InChI is InChI=1S/C14H15NO3S/c1-3-17-14(16)10(2)18-13-9-19-8-12(13)11-4-6-15-7-5-11/h4-10H,3H2,1-2H3. The highest BCUT2D eigenvalue weighted by atomic mass is 32.1. The van der Waals surface area contributed by atoms with Gasteiger partial charge in [-0.15, -0.1) is 11.3 Å². The van der Waals surface area contributed by atoms with Gasteiger partial charge in [-0.2, -0.15) is 0 Å². The summed E-state index contributed by atoms with van der Waals surface area (Å²) in [6.45, 7) is 3.82. The summed E-state index contributed by atoms with van der Waals surface area (Å²) in [7, 11) is 0. The topological polar surface area (TPSA) is 48.4 Å². The molecule has 0 aromatic carbocycles. The highest BCUT2D eigenvalue weighted by molar-refractivity contribution is 7.08. The van der Waals surface area contributed by atoms with Crippen molar-refractivity contribution in [3.63, 3.8) is 0 Å². The van der Waals surface area contributed by atoms with Gasteiger partial charge in [0.05, 0.1) is 6.61 Å². The fourth-order valence-electron chi connectivity index (χ4n) is 1.62. The first kappa shape index (κ1) is 13.5. The maximum absolute atomic E-state index is 11.6. The molecule has 0 aliphatic heterocycles. The number of hydrogen-bond donors (Lipinski definition) is 0. The quantitative estimate of drug-likeness (QED) is 0.788. The van der Waals surface area contributed by atoms with Crippen LogP contribution in [0.15, 0.2) is 35.3 Å². The molecule has 0 aliphatic carbocycles. The second kappa shape index (κ2) is 6.33. The molecule has 1 atom stereocenters. The molecular formula is C14H15NO3S. The normalized spacial score (nSPS) is 11.9. The molecule has 1 unspecified atom stereocenters. The van der Waals surface area contributed by atoms with E-state index in [0.29, 0.717) is 12.4 Å². The number of pyridine rings is 1. The maximum Gasteiger partial charge on any atom is 0.347 e. The van der Waals surface area contributed by atoms with E-state index in [9.17, 15) is 4.79 Å². The minimum atomic E-state index is -0.616. The summed E-state index contributed by atoms with van der Waals surface area (Å²) in [5, 5.41) is 3.87. The van der Waals surface area contributed by atoms with E-state index >= 15 is 0 Å². The average Bonchev–Trinajstić information content (AvgIpc) is 2.88. The van der Waals surface area contributed by atoms with Crippen LogP contribution in [0, 0.1) is 0 Å². The molecule has 19 heavy (non-hydrogen) atoms. The van der Waals surface area contributed by atoms with Crippen molar-refractivity contribution in [2.45, 2.75) is 20.0 Å². The Kier molecular flexibility index (Phi) is 4.52. The van der Waals surface area contributed by atoms with Crippen molar-refractivity contribution in [2.75, 3.05) is 6.61 Å². The molecular weight excluding hydrogens is 262 g/mol. The third-order valence-corrected chi connectivity index (χ3v) is 3.26. The number of hydrogen-bond acceptors (Lipinski definition) is 5. The first-order valence-electron chi connectivity index (χ1n) is 6.02. The van der Waals surface area contributed by atoms with Crippen LogP contribution >= 0.6 is 11.3 Å². The van der Waals surface area contributed by atoms with Crippen LogP contribution in [0.1, 0.15) is 13.8 Å². The van der Waals surface area contributed by atoms with Gasteiger partial charge in [0.1, 0.15) is 5.75 Å². The Morgan fingerprint density at radius 3 is 2.79 bits per heavy atom. The molecule has 2 rings (SSSR count). The summed E-state index contributed by atoms with van der Waals surface area (Å²) in [6.07, 6.45) is 2.84. The van der Waals surface area contributed by atoms with Crippen molar-refractivity contribution in [3.8, 4) is 16.9 Å². The smallest absolute Gasteiger partial charge is 0.347 e. The Morgan fingerprint density at radius 2 is 2.11 bits per heavy atom. The summed E-state index contributed by atoms with van der Waals surface area (Å²) in [6, 6.07) is 3.81. The van der Waals surface area contributed by atoms with Crippen molar-refractivity contribution in [1.29, 1.82) is 0 Å². The molecule has 0 aliphatic rings. The lowest BCUT2D eigenvalue weighted by Gasteiger charge is -2.13. The van der Waals surface area contributed by atoms with Crippen LogP contribution in [0.25, 0.3) is 11.1 Å². The zero-order valence-electron chi connectivity index (χ0n) is 10.8. The number of ether oxygens (including phenoxy) is 2. The lowest BCUT2D eigenvalue weighted by atomic mass is 10.1. The van der Waals surface area contributed by atoms with Crippen molar-refractivity contribution >= 4 is 17.3 Å². The maximum atomic E-state index is 11.6. The predicted molar refractivity (Wildman–Crippen MR) is 74.3 cm³/mol. The predicted octanol–water partition coefficient (Wildman–Crippen LogP) is 3.14. The molecule has 0 bridgehead atoms. The fraction of sp³-hybridized carbons (Fsp3) is 0.286. The molecule has 0 amide bonds. The molecule has 2 aromatic heterocycles. The van der Waals surface area contributed by atoms with Crippen molar-refractivity contribution in [2.24, 2.45) is 0 Å². The summed E-state index contributed by atoms with van der Waals surface area (Å²) >= 11 is 1.53. The molecule has 0 N–H and O–H groups in total. The van der Waals surface area contributed by atoms with Crippen molar-refractivity contribution in [3.05, 3.63) is 35.3 Å². The molecule has 0 spiro atoms. The van der Waals surface area contributed by atoms with E-state index in [1.54, 1.807) is 26.2 Å². The highest BCUT2D eigenvalue weighted by Gasteiger charge is 2.18. The molecule has 0 fully saturated rings. The Balaban J connectivity index is 2.15. The first-order valence-corrected chi connectivity index (χ1v) is 6.96. The van der Waals surface area contributed by atoms with E-state index in [4.69, 9.17) is 9.47 Å². The Hall–Kier alpha value is -1.88. The van der Waals surface area contributed by atoms with E-state index in [1.165, 1.54) is 11.3 Å². The SMILES string of the molecule is CCOC(=O)C(C)Oc1cscc1-c1ccncc1. The largest absolute Gasteiger partial charge is 0.478 e. The summed E-state index contributed by atoms with van der Waals surface area (Å²) in [5.74, 6) is 0.339. The van der Waals surface area contributed by atoms with Gasteiger partial charge < -0.3 is 9.47 Å². The van der Waals surface area contributed by atoms with Crippen LogP contribution in [0.4, 0.5) is 0 Å². The van der Waals surface area contributed by atoms with E-state index in [1.807, 2.05) is 22.9 Å². The van der Waals surface area contributed by atoms with Crippen LogP contribution in [0.2, 0.25) is 0 Å². The number of carbonyl (C=O) groups excluding carboxylic acids is 1. The number of esters is 1. The number of nitrogens with zero attached hydrogens (tertiary/aromatic N) is 1. The van der Waals surface area contributed by atoms with E-state index in [2.05, 4.69) is 4.98 Å². The van der Waals surface area contributed by atoms with Gasteiger partial charge in [-0.3, -0.25) is 4.98 Å². The van der Waals surface area contributed by atoms with Gasteiger partial charge in [0.15, 0.2) is 6.10 Å². The highest BCUT2D eigenvalue weighted by Crippen LogP contribution is 2.34. The van der Waals surface area contributed by atoms with Crippen molar-refractivity contribution < 1.29 is 14.3 Å². The molecule has 2 aromatic rings. The van der Waals surface area contributed by atoms with E-state index in [-0.39, 0.29) is 5.97 Å². The van der Waals surface area contributed by atoms with Crippen LogP contribution < -0.4 is 4.74 Å².